The highest BCUT2D eigenvalue weighted by atomic mass is 35.5. The van der Waals surface area contributed by atoms with Crippen LogP contribution in [-0.4, -0.2) is 0 Å². The van der Waals surface area contributed by atoms with Crippen molar-refractivity contribution in [3.63, 3.8) is 0 Å². The molecular weight excluding hydrogens is 314 g/mol. The first kappa shape index (κ1) is 14.1. The average molecular weight is 332 g/mol. The minimum Gasteiger partial charge on any atom is -0.378 e. The zero-order valence-electron chi connectivity index (χ0n) is 13.2. The number of nitrogens with one attached hydrogen (secondary N) is 1. The summed E-state index contributed by atoms with van der Waals surface area (Å²) < 4.78 is 0. The summed E-state index contributed by atoms with van der Waals surface area (Å²) in [5, 5.41) is 7.28. The summed E-state index contributed by atoms with van der Waals surface area (Å²) in [6.45, 7) is 0. The lowest BCUT2D eigenvalue weighted by atomic mass is 9.76. The zero-order chi connectivity index (χ0) is 16.1. The smallest absolute Gasteiger partial charge is 0.0560 e. The minimum atomic E-state index is 0.324. The topological polar surface area (TPSA) is 12.0 Å². The second kappa shape index (κ2) is 5.39. The van der Waals surface area contributed by atoms with Crippen molar-refractivity contribution in [2.45, 2.75) is 18.4 Å². The molecule has 3 atom stereocenters. The Bertz CT molecular complexity index is 954. The highest BCUT2D eigenvalue weighted by Gasteiger charge is 2.38. The molecule has 1 aliphatic carbocycles. The van der Waals surface area contributed by atoms with Crippen molar-refractivity contribution in [2.75, 3.05) is 5.32 Å². The number of fused-ring (bicyclic) bond motifs is 4. The predicted octanol–water partition coefficient (Wildman–Crippen LogP) is 6.32. The van der Waals surface area contributed by atoms with Crippen molar-refractivity contribution in [1.29, 1.82) is 0 Å². The molecule has 2 heteroatoms. The zero-order valence-corrected chi connectivity index (χ0v) is 14.0. The Labute approximate surface area is 147 Å². The van der Waals surface area contributed by atoms with E-state index in [0.29, 0.717) is 17.9 Å². The van der Waals surface area contributed by atoms with Crippen LogP contribution >= 0.6 is 11.6 Å². The molecule has 0 saturated heterocycles. The Morgan fingerprint density at radius 1 is 0.917 bits per heavy atom. The molecule has 0 radical (unpaired) electrons. The average Bonchev–Trinajstić information content (AvgIpc) is 3.11. The lowest BCUT2D eigenvalue weighted by Gasteiger charge is -2.38. The van der Waals surface area contributed by atoms with Crippen molar-refractivity contribution in [3.8, 4) is 0 Å². The number of anilines is 1. The summed E-state index contributed by atoms with van der Waals surface area (Å²) in [4.78, 5) is 0. The van der Waals surface area contributed by atoms with Crippen molar-refractivity contribution in [3.05, 3.63) is 89.0 Å². The van der Waals surface area contributed by atoms with Gasteiger partial charge in [-0.05, 0) is 52.4 Å². The van der Waals surface area contributed by atoms with Gasteiger partial charge in [-0.15, -0.1) is 0 Å². The van der Waals surface area contributed by atoms with E-state index in [1.54, 1.807) is 0 Å². The SMILES string of the molecule is Clc1ccc2c(c1)[C@@H]1C=CC[C@H]1[C@H](c1cccc3ccccc13)N2. The largest absolute Gasteiger partial charge is 0.378 e. The quantitative estimate of drug-likeness (QED) is 0.514. The third kappa shape index (κ3) is 2.08. The lowest BCUT2D eigenvalue weighted by Crippen LogP contribution is -2.29. The van der Waals surface area contributed by atoms with Gasteiger partial charge in [-0.2, -0.15) is 0 Å². The van der Waals surface area contributed by atoms with Gasteiger partial charge in [0.2, 0.25) is 0 Å². The Kier molecular flexibility index (Phi) is 3.17. The first-order valence-electron chi connectivity index (χ1n) is 8.51. The van der Waals surface area contributed by atoms with Gasteiger partial charge < -0.3 is 5.32 Å². The minimum absolute atomic E-state index is 0.324. The van der Waals surface area contributed by atoms with E-state index in [2.05, 4.69) is 72.1 Å². The van der Waals surface area contributed by atoms with E-state index in [1.165, 1.54) is 27.6 Å². The summed E-state index contributed by atoms with van der Waals surface area (Å²) in [6.07, 6.45) is 5.79. The number of halogens is 1. The molecule has 0 saturated carbocycles. The molecular formula is C22H18ClN. The molecule has 1 heterocycles. The van der Waals surface area contributed by atoms with Gasteiger partial charge in [-0.1, -0.05) is 66.2 Å². The van der Waals surface area contributed by atoms with Gasteiger partial charge >= 0.3 is 0 Å². The number of benzene rings is 3. The number of hydrogen-bond acceptors (Lipinski definition) is 1. The van der Waals surface area contributed by atoms with Crippen LogP contribution in [0.5, 0.6) is 0 Å². The van der Waals surface area contributed by atoms with Crippen LogP contribution in [0, 0.1) is 5.92 Å². The number of rotatable bonds is 1. The maximum absolute atomic E-state index is 6.25. The standard InChI is InChI=1S/C22H18ClN/c23-15-11-12-21-20(13-15)17-8-4-10-19(17)22(24-21)18-9-3-6-14-5-1-2-7-16(14)18/h1-9,11-13,17,19,22,24H,10H2/t17-,19-,22+/m1/s1. The molecule has 24 heavy (non-hydrogen) atoms. The summed E-state index contributed by atoms with van der Waals surface area (Å²) in [7, 11) is 0. The molecule has 1 nitrogen and oxygen atoms in total. The molecule has 2 aliphatic rings. The molecule has 118 valence electrons. The normalized spacial score (nSPS) is 24.5. The fourth-order valence-electron chi connectivity index (χ4n) is 4.39. The van der Waals surface area contributed by atoms with Crippen LogP contribution in [0.3, 0.4) is 0 Å². The van der Waals surface area contributed by atoms with Gasteiger partial charge in [0.1, 0.15) is 0 Å². The molecule has 0 spiro atoms. The van der Waals surface area contributed by atoms with E-state index in [4.69, 9.17) is 11.6 Å². The van der Waals surface area contributed by atoms with Gasteiger partial charge in [0.25, 0.3) is 0 Å². The second-order valence-electron chi connectivity index (χ2n) is 6.78. The monoisotopic (exact) mass is 331 g/mol. The van der Waals surface area contributed by atoms with Crippen LogP contribution in [0.25, 0.3) is 10.8 Å². The molecule has 0 fully saturated rings. The summed E-state index contributed by atoms with van der Waals surface area (Å²) in [5.74, 6) is 0.991. The highest BCUT2D eigenvalue weighted by Crippen LogP contribution is 2.51. The van der Waals surface area contributed by atoms with Gasteiger partial charge in [0.15, 0.2) is 0 Å². The van der Waals surface area contributed by atoms with Crippen LogP contribution in [0.15, 0.2) is 72.8 Å². The summed E-state index contributed by atoms with van der Waals surface area (Å²) >= 11 is 6.25. The van der Waals surface area contributed by atoms with E-state index in [0.717, 1.165) is 11.4 Å². The molecule has 0 bridgehead atoms. The summed E-state index contributed by atoms with van der Waals surface area (Å²) in [5.41, 5.74) is 3.94. The maximum atomic E-state index is 6.25. The van der Waals surface area contributed by atoms with Gasteiger partial charge in [-0.25, -0.2) is 0 Å². The number of hydrogen-bond donors (Lipinski definition) is 1. The number of allylic oxidation sites excluding steroid dienone is 2. The van der Waals surface area contributed by atoms with E-state index < -0.39 is 0 Å². The molecule has 3 aromatic carbocycles. The van der Waals surface area contributed by atoms with E-state index in [1.807, 2.05) is 6.07 Å². The van der Waals surface area contributed by atoms with Gasteiger partial charge in [-0.3, -0.25) is 0 Å². The third-order valence-electron chi connectivity index (χ3n) is 5.48. The van der Waals surface area contributed by atoms with E-state index in [-0.39, 0.29) is 0 Å². The van der Waals surface area contributed by atoms with Crippen molar-refractivity contribution >= 4 is 28.1 Å². The van der Waals surface area contributed by atoms with Gasteiger partial charge in [0.05, 0.1) is 6.04 Å². The lowest BCUT2D eigenvalue weighted by molar-refractivity contribution is 0.427. The second-order valence-corrected chi connectivity index (χ2v) is 7.21. The molecule has 1 aliphatic heterocycles. The van der Waals surface area contributed by atoms with E-state index >= 15 is 0 Å². The predicted molar refractivity (Wildman–Crippen MR) is 102 cm³/mol. The molecule has 1 N–H and O–H groups in total. The van der Waals surface area contributed by atoms with Crippen LogP contribution in [0.2, 0.25) is 5.02 Å². The van der Waals surface area contributed by atoms with Crippen LogP contribution in [0.1, 0.15) is 29.5 Å². The Morgan fingerprint density at radius 2 is 1.79 bits per heavy atom. The first-order valence-corrected chi connectivity index (χ1v) is 8.89. The Balaban J connectivity index is 1.68. The van der Waals surface area contributed by atoms with Crippen molar-refractivity contribution in [2.24, 2.45) is 5.92 Å². The molecule has 0 unspecified atom stereocenters. The summed E-state index contributed by atoms with van der Waals surface area (Å²) in [6, 6.07) is 21.9. The van der Waals surface area contributed by atoms with Gasteiger partial charge in [0, 0.05) is 16.6 Å². The molecule has 3 aromatic rings. The van der Waals surface area contributed by atoms with Crippen LogP contribution < -0.4 is 5.32 Å². The fourth-order valence-corrected chi connectivity index (χ4v) is 4.58. The Morgan fingerprint density at radius 3 is 2.75 bits per heavy atom. The third-order valence-corrected chi connectivity index (χ3v) is 5.72. The maximum Gasteiger partial charge on any atom is 0.0560 e. The molecule has 0 amide bonds. The molecule has 5 rings (SSSR count). The van der Waals surface area contributed by atoms with Crippen LogP contribution in [-0.2, 0) is 0 Å². The molecule has 0 aromatic heterocycles. The van der Waals surface area contributed by atoms with E-state index in [9.17, 15) is 0 Å². The first-order chi connectivity index (χ1) is 11.8. The highest BCUT2D eigenvalue weighted by molar-refractivity contribution is 6.30. The fraction of sp³-hybridized carbons (Fsp3) is 0.182. The van der Waals surface area contributed by atoms with Crippen LogP contribution in [0.4, 0.5) is 5.69 Å². The van der Waals surface area contributed by atoms with Crippen molar-refractivity contribution < 1.29 is 0 Å². The Hall–Kier alpha value is -2.25. The van der Waals surface area contributed by atoms with Crippen molar-refractivity contribution in [1.82, 2.24) is 0 Å².